The first kappa shape index (κ1) is 20.0. The minimum absolute atomic E-state index is 0.182. The average molecular weight is 420 g/mol. The van der Waals surface area contributed by atoms with E-state index in [0.29, 0.717) is 31.4 Å². The normalized spacial score (nSPS) is 50.9. The molecule has 0 aromatic heterocycles. The van der Waals surface area contributed by atoms with Crippen molar-refractivity contribution in [3.63, 3.8) is 0 Å². The van der Waals surface area contributed by atoms with Crippen molar-refractivity contribution in [2.24, 2.45) is 17.3 Å². The molecule has 3 saturated heterocycles. The van der Waals surface area contributed by atoms with Crippen molar-refractivity contribution in [2.45, 2.75) is 82.6 Å². The summed E-state index contributed by atoms with van der Waals surface area (Å²) in [6, 6.07) is 0. The van der Waals surface area contributed by atoms with E-state index in [9.17, 15) is 14.4 Å². The van der Waals surface area contributed by atoms with Gasteiger partial charge in [0.15, 0.2) is 5.60 Å². The number of fused-ring (bicyclic) bond motifs is 3. The predicted octanol–water partition coefficient (Wildman–Crippen LogP) is 1.69. The van der Waals surface area contributed by atoms with Crippen molar-refractivity contribution in [3.8, 4) is 0 Å². The van der Waals surface area contributed by atoms with Crippen molar-refractivity contribution in [1.29, 1.82) is 0 Å². The van der Waals surface area contributed by atoms with E-state index in [-0.39, 0.29) is 18.0 Å². The smallest absolute Gasteiger partial charge is 0.341 e. The topological polar surface area (TPSA) is 104 Å². The highest BCUT2D eigenvalue weighted by molar-refractivity contribution is 5.91. The Morgan fingerprint density at radius 2 is 1.90 bits per heavy atom. The summed E-state index contributed by atoms with van der Waals surface area (Å²) in [6.07, 6.45) is 0.0970. The maximum absolute atomic E-state index is 12.8. The van der Waals surface area contributed by atoms with E-state index >= 15 is 0 Å². The standard InChI is InChI=1S/C22H28O8/c1-10-15-13(28-18(10)24)8-20(4)14(29-19(25)21(5)11(2)30-21)6-7-22(9-26-22)17(20)16(15)27-12(3)23/h11,13-17H,1,6-9H2,2-5H3/t11-,13-,14-,15+,16-,17+,20-,21-,22+/m0/s1. The van der Waals surface area contributed by atoms with Gasteiger partial charge in [0.25, 0.3) is 0 Å². The summed E-state index contributed by atoms with van der Waals surface area (Å²) in [6.45, 7) is 11.4. The average Bonchev–Trinajstić information content (AvgIpc) is 3.52. The fourth-order valence-electron chi connectivity index (χ4n) is 6.20. The molecule has 8 heteroatoms. The Balaban J connectivity index is 1.52. The van der Waals surface area contributed by atoms with Gasteiger partial charge in [-0.15, -0.1) is 0 Å². The molecule has 0 aromatic rings. The summed E-state index contributed by atoms with van der Waals surface area (Å²) >= 11 is 0. The van der Waals surface area contributed by atoms with E-state index in [1.54, 1.807) is 6.92 Å². The van der Waals surface area contributed by atoms with E-state index in [1.165, 1.54) is 6.92 Å². The Bertz CT molecular complexity index is 846. The van der Waals surface area contributed by atoms with Gasteiger partial charge in [-0.3, -0.25) is 4.79 Å². The van der Waals surface area contributed by atoms with Crippen LogP contribution in [0, 0.1) is 17.3 Å². The van der Waals surface area contributed by atoms with Crippen molar-refractivity contribution in [1.82, 2.24) is 0 Å². The van der Waals surface area contributed by atoms with Gasteiger partial charge in [0.2, 0.25) is 0 Å². The van der Waals surface area contributed by atoms with Gasteiger partial charge >= 0.3 is 17.9 Å². The molecule has 1 spiro atoms. The van der Waals surface area contributed by atoms with Crippen LogP contribution in [0.5, 0.6) is 0 Å². The molecule has 2 aliphatic carbocycles. The molecule has 3 heterocycles. The minimum atomic E-state index is -0.919. The lowest BCUT2D eigenvalue weighted by Crippen LogP contribution is -2.64. The SMILES string of the molecule is C=C1C(=O)O[C@H]2C[C@@]3(C)[C@@H](OC(=O)[C@@]4(C)O[C@H]4C)CC[C@@]4(CO4)[C@@H]3[C@@H](OC(C)=O)[C@H]12. The summed E-state index contributed by atoms with van der Waals surface area (Å²) in [5, 5.41) is 0. The quantitative estimate of drug-likeness (QED) is 0.294. The number of hydrogen-bond donors (Lipinski definition) is 0. The van der Waals surface area contributed by atoms with Gasteiger partial charge < -0.3 is 23.7 Å². The van der Waals surface area contributed by atoms with E-state index in [0.717, 1.165) is 0 Å². The van der Waals surface area contributed by atoms with Gasteiger partial charge in [0.1, 0.15) is 18.3 Å². The molecule has 0 aromatic carbocycles. The number of carbonyl (C=O) groups is 3. The second-order valence-corrected chi connectivity index (χ2v) is 9.91. The third-order valence-corrected chi connectivity index (χ3v) is 8.10. The Morgan fingerprint density at radius 1 is 1.23 bits per heavy atom. The Hall–Kier alpha value is -1.93. The molecule has 30 heavy (non-hydrogen) atoms. The van der Waals surface area contributed by atoms with E-state index < -0.39 is 52.8 Å². The first-order valence-electron chi connectivity index (χ1n) is 10.6. The predicted molar refractivity (Wildman–Crippen MR) is 101 cm³/mol. The van der Waals surface area contributed by atoms with Gasteiger partial charge in [-0.1, -0.05) is 13.5 Å². The molecular formula is C22H28O8. The maximum Gasteiger partial charge on any atom is 0.341 e. The molecule has 5 fully saturated rings. The summed E-state index contributed by atoms with van der Waals surface area (Å²) in [5.74, 6) is -1.93. The molecule has 0 N–H and O–H groups in total. The maximum atomic E-state index is 12.8. The van der Waals surface area contributed by atoms with Gasteiger partial charge in [0.05, 0.1) is 24.2 Å². The lowest BCUT2D eigenvalue weighted by Gasteiger charge is -2.56. The van der Waals surface area contributed by atoms with Crippen LogP contribution in [0.15, 0.2) is 12.2 Å². The largest absolute Gasteiger partial charge is 0.461 e. The lowest BCUT2D eigenvalue weighted by molar-refractivity contribution is -0.214. The van der Waals surface area contributed by atoms with E-state index in [1.807, 2.05) is 13.8 Å². The van der Waals surface area contributed by atoms with Crippen molar-refractivity contribution in [3.05, 3.63) is 12.2 Å². The fourth-order valence-corrected chi connectivity index (χ4v) is 6.20. The van der Waals surface area contributed by atoms with Crippen LogP contribution in [0.4, 0.5) is 0 Å². The van der Waals surface area contributed by atoms with Gasteiger partial charge in [-0.2, -0.15) is 0 Å². The second kappa shape index (κ2) is 6.07. The molecule has 5 aliphatic rings. The Morgan fingerprint density at radius 3 is 2.47 bits per heavy atom. The van der Waals surface area contributed by atoms with Crippen LogP contribution >= 0.6 is 0 Å². The fraction of sp³-hybridized carbons (Fsp3) is 0.773. The minimum Gasteiger partial charge on any atom is -0.461 e. The number of esters is 3. The monoisotopic (exact) mass is 420 g/mol. The molecule has 9 atom stereocenters. The number of carbonyl (C=O) groups excluding carboxylic acids is 3. The van der Waals surface area contributed by atoms with Crippen molar-refractivity contribution in [2.75, 3.05) is 6.61 Å². The van der Waals surface area contributed by atoms with E-state index in [2.05, 4.69) is 6.58 Å². The highest BCUT2D eigenvalue weighted by Gasteiger charge is 2.72. The van der Waals surface area contributed by atoms with Gasteiger partial charge in [-0.05, 0) is 33.1 Å². The van der Waals surface area contributed by atoms with Crippen molar-refractivity contribution < 1.29 is 38.1 Å². The zero-order chi connectivity index (χ0) is 21.6. The van der Waals surface area contributed by atoms with Crippen LogP contribution in [-0.4, -0.2) is 60.1 Å². The molecule has 164 valence electrons. The lowest BCUT2D eigenvalue weighted by atomic mass is 9.51. The summed E-state index contributed by atoms with van der Waals surface area (Å²) in [4.78, 5) is 37.1. The van der Waals surface area contributed by atoms with Gasteiger partial charge in [0, 0.05) is 23.8 Å². The second-order valence-electron chi connectivity index (χ2n) is 9.91. The molecule has 0 radical (unpaired) electrons. The van der Waals surface area contributed by atoms with Crippen LogP contribution in [0.1, 0.15) is 47.0 Å². The zero-order valence-corrected chi connectivity index (χ0v) is 17.8. The Kier molecular flexibility index (Phi) is 4.04. The summed E-state index contributed by atoms with van der Waals surface area (Å²) in [7, 11) is 0. The molecule has 2 saturated carbocycles. The van der Waals surface area contributed by atoms with Gasteiger partial charge in [-0.25, -0.2) is 9.59 Å². The Labute approximate surface area is 175 Å². The number of hydrogen-bond acceptors (Lipinski definition) is 8. The molecule has 8 nitrogen and oxygen atoms in total. The number of epoxide rings is 2. The third-order valence-electron chi connectivity index (χ3n) is 8.10. The van der Waals surface area contributed by atoms with Crippen molar-refractivity contribution >= 4 is 17.9 Å². The summed E-state index contributed by atoms with van der Waals surface area (Å²) < 4.78 is 28.8. The van der Waals surface area contributed by atoms with Crippen LogP contribution in [-0.2, 0) is 38.1 Å². The highest BCUT2D eigenvalue weighted by Crippen LogP contribution is 2.64. The highest BCUT2D eigenvalue weighted by atomic mass is 16.7. The first-order valence-corrected chi connectivity index (χ1v) is 10.6. The van der Waals surface area contributed by atoms with Crippen LogP contribution in [0.25, 0.3) is 0 Å². The molecule has 3 aliphatic heterocycles. The molecule has 0 amide bonds. The molecule has 0 unspecified atom stereocenters. The summed E-state index contributed by atoms with van der Waals surface area (Å²) in [5.41, 5.74) is -1.62. The van der Waals surface area contributed by atoms with Crippen LogP contribution in [0.2, 0.25) is 0 Å². The number of ether oxygens (including phenoxy) is 5. The first-order chi connectivity index (χ1) is 14.0. The molecular weight excluding hydrogens is 392 g/mol. The van der Waals surface area contributed by atoms with Crippen LogP contribution in [0.3, 0.4) is 0 Å². The van der Waals surface area contributed by atoms with Crippen LogP contribution < -0.4 is 0 Å². The molecule has 5 rings (SSSR count). The molecule has 0 bridgehead atoms. The third kappa shape index (κ3) is 2.62. The number of rotatable bonds is 3. The van der Waals surface area contributed by atoms with E-state index in [4.69, 9.17) is 23.7 Å². The zero-order valence-electron chi connectivity index (χ0n) is 17.8.